The minimum atomic E-state index is 0.142. The van der Waals surface area contributed by atoms with Crippen molar-refractivity contribution in [1.82, 2.24) is 4.90 Å². The lowest BCUT2D eigenvalue weighted by molar-refractivity contribution is 0.101. The SMILES string of the molecule is C=C[C@H](CN(C)C)OC(I)I. The highest BCUT2D eigenvalue weighted by molar-refractivity contribution is 14.2. The molecule has 66 valence electrons. The molecule has 0 unspecified atom stereocenters. The van der Waals surface area contributed by atoms with Crippen molar-refractivity contribution in [3.63, 3.8) is 0 Å². The summed E-state index contributed by atoms with van der Waals surface area (Å²) in [4.78, 5) is 2.09. The minimum Gasteiger partial charge on any atom is -0.349 e. The highest BCUT2D eigenvalue weighted by Crippen LogP contribution is 2.14. The van der Waals surface area contributed by atoms with Gasteiger partial charge < -0.3 is 9.64 Å². The van der Waals surface area contributed by atoms with Gasteiger partial charge in [-0.15, -0.1) is 6.58 Å². The fourth-order valence-electron chi connectivity index (χ4n) is 0.665. The van der Waals surface area contributed by atoms with E-state index < -0.39 is 0 Å². The first kappa shape index (κ1) is 12.1. The molecule has 0 fully saturated rings. The number of nitrogens with zero attached hydrogens (tertiary/aromatic N) is 1. The molecule has 0 spiro atoms. The molecule has 0 aliphatic heterocycles. The molecule has 0 aliphatic rings. The Morgan fingerprint density at radius 3 is 2.36 bits per heavy atom. The summed E-state index contributed by atoms with van der Waals surface area (Å²) in [5, 5.41) is 0. The zero-order chi connectivity index (χ0) is 8.85. The van der Waals surface area contributed by atoms with E-state index in [-0.39, 0.29) is 8.22 Å². The topological polar surface area (TPSA) is 12.5 Å². The molecule has 4 heteroatoms. The van der Waals surface area contributed by atoms with Gasteiger partial charge in [-0.25, -0.2) is 0 Å². The normalized spacial score (nSPS) is 14.0. The molecule has 0 aromatic carbocycles. The fraction of sp³-hybridized carbons (Fsp3) is 0.714. The maximum Gasteiger partial charge on any atom is 0.160 e. The molecule has 0 aromatic rings. The largest absolute Gasteiger partial charge is 0.349 e. The van der Waals surface area contributed by atoms with E-state index in [9.17, 15) is 0 Å². The number of alkyl halides is 2. The molecule has 0 radical (unpaired) electrons. The van der Waals surface area contributed by atoms with Gasteiger partial charge in [0, 0.05) is 6.54 Å². The van der Waals surface area contributed by atoms with E-state index in [1.165, 1.54) is 0 Å². The van der Waals surface area contributed by atoms with Gasteiger partial charge in [0.05, 0.1) is 6.10 Å². The van der Waals surface area contributed by atoms with Gasteiger partial charge in [0.15, 0.2) is 2.12 Å². The summed E-state index contributed by atoms with van der Waals surface area (Å²) in [5.74, 6) is 0. The van der Waals surface area contributed by atoms with E-state index in [4.69, 9.17) is 4.74 Å². The van der Waals surface area contributed by atoms with Gasteiger partial charge in [0.25, 0.3) is 0 Å². The standard InChI is InChI=1S/C7H13I2NO/c1-4-6(5-10(2)3)11-7(8)9/h4,6-7H,1,5H2,2-3H3/t6-/m1/s1. The van der Waals surface area contributed by atoms with Crippen molar-refractivity contribution in [3.8, 4) is 0 Å². The molecule has 0 bridgehead atoms. The van der Waals surface area contributed by atoms with Gasteiger partial charge in [0.2, 0.25) is 0 Å². The molecule has 0 saturated heterocycles. The second kappa shape index (κ2) is 6.62. The first-order valence-electron chi connectivity index (χ1n) is 3.27. The Bertz CT molecular complexity index is 107. The van der Waals surface area contributed by atoms with E-state index in [0.717, 1.165) is 6.54 Å². The second-order valence-electron chi connectivity index (χ2n) is 2.43. The summed E-state index contributed by atoms with van der Waals surface area (Å²) in [7, 11) is 4.05. The van der Waals surface area contributed by atoms with Gasteiger partial charge >= 0.3 is 0 Å². The fourth-order valence-corrected chi connectivity index (χ4v) is 1.42. The van der Waals surface area contributed by atoms with Gasteiger partial charge in [0.1, 0.15) is 0 Å². The summed E-state index contributed by atoms with van der Waals surface area (Å²) in [6.45, 7) is 4.60. The lowest BCUT2D eigenvalue weighted by atomic mass is 10.3. The van der Waals surface area contributed by atoms with E-state index in [1.807, 2.05) is 20.2 Å². The third-order valence-electron chi connectivity index (χ3n) is 1.09. The molecule has 0 saturated carbocycles. The first-order valence-corrected chi connectivity index (χ1v) is 5.76. The number of rotatable bonds is 5. The zero-order valence-electron chi connectivity index (χ0n) is 6.76. The monoisotopic (exact) mass is 381 g/mol. The smallest absolute Gasteiger partial charge is 0.160 e. The molecule has 0 rings (SSSR count). The van der Waals surface area contributed by atoms with Gasteiger partial charge in [-0.1, -0.05) is 6.08 Å². The molecule has 0 aliphatic carbocycles. The van der Waals surface area contributed by atoms with Crippen molar-refractivity contribution in [2.24, 2.45) is 0 Å². The predicted octanol–water partition coefficient (Wildman–Crippen LogP) is 2.27. The molecule has 0 N–H and O–H groups in total. The van der Waals surface area contributed by atoms with Gasteiger partial charge in [-0.2, -0.15) is 0 Å². The van der Waals surface area contributed by atoms with E-state index in [2.05, 4.69) is 56.7 Å². The van der Waals surface area contributed by atoms with Crippen LogP contribution in [0.1, 0.15) is 0 Å². The summed E-state index contributed by atoms with van der Waals surface area (Å²) in [5.41, 5.74) is 0. The number of likely N-dealkylation sites (N-methyl/N-ethyl adjacent to an activating group) is 1. The number of halogens is 2. The van der Waals surface area contributed by atoms with Crippen LogP contribution in [-0.4, -0.2) is 33.8 Å². The van der Waals surface area contributed by atoms with Crippen LogP contribution in [0.15, 0.2) is 12.7 Å². The Morgan fingerprint density at radius 1 is 1.55 bits per heavy atom. The molecule has 1 atom stereocenters. The molecule has 11 heavy (non-hydrogen) atoms. The van der Waals surface area contributed by atoms with Gasteiger partial charge in [-0.05, 0) is 59.3 Å². The number of hydrogen-bond donors (Lipinski definition) is 0. The lowest BCUT2D eigenvalue weighted by Gasteiger charge is -2.18. The molecular formula is C7H13I2NO. The number of ether oxygens (including phenoxy) is 1. The summed E-state index contributed by atoms with van der Waals surface area (Å²) < 4.78 is 5.74. The summed E-state index contributed by atoms with van der Waals surface area (Å²) in [6.07, 6.45) is 1.98. The van der Waals surface area contributed by atoms with E-state index in [1.54, 1.807) is 0 Å². The lowest BCUT2D eigenvalue weighted by Crippen LogP contribution is -2.27. The Hall–Kier alpha value is 1.12. The van der Waals surface area contributed by atoms with Crippen LogP contribution in [-0.2, 0) is 4.74 Å². The highest BCUT2D eigenvalue weighted by Gasteiger charge is 2.08. The quantitative estimate of drug-likeness (QED) is 0.412. The van der Waals surface area contributed by atoms with Crippen molar-refractivity contribution < 1.29 is 4.74 Å². The second-order valence-corrected chi connectivity index (χ2v) is 7.08. The Morgan fingerprint density at radius 2 is 2.09 bits per heavy atom. The summed E-state index contributed by atoms with van der Waals surface area (Å²) >= 11 is 4.45. The Kier molecular flexibility index (Phi) is 7.29. The van der Waals surface area contributed by atoms with E-state index >= 15 is 0 Å². The Balaban J connectivity index is 3.67. The third-order valence-corrected chi connectivity index (χ3v) is 1.67. The highest BCUT2D eigenvalue weighted by atomic mass is 127. The minimum absolute atomic E-state index is 0.142. The third kappa shape index (κ3) is 7.48. The van der Waals surface area contributed by atoms with Gasteiger partial charge in [-0.3, -0.25) is 0 Å². The van der Waals surface area contributed by atoms with Crippen LogP contribution < -0.4 is 0 Å². The van der Waals surface area contributed by atoms with Crippen LogP contribution in [0.3, 0.4) is 0 Å². The molecule has 0 aromatic heterocycles. The van der Waals surface area contributed by atoms with Crippen molar-refractivity contribution in [2.45, 2.75) is 8.22 Å². The van der Waals surface area contributed by atoms with Crippen LogP contribution in [0.2, 0.25) is 0 Å². The van der Waals surface area contributed by atoms with Crippen molar-refractivity contribution in [2.75, 3.05) is 20.6 Å². The van der Waals surface area contributed by atoms with E-state index in [0.29, 0.717) is 0 Å². The van der Waals surface area contributed by atoms with Crippen LogP contribution in [0.5, 0.6) is 0 Å². The Labute approximate surface area is 95.6 Å². The van der Waals surface area contributed by atoms with Crippen molar-refractivity contribution in [3.05, 3.63) is 12.7 Å². The molecule has 0 heterocycles. The maximum absolute atomic E-state index is 5.52. The predicted molar refractivity (Wildman–Crippen MR) is 65.5 cm³/mol. The van der Waals surface area contributed by atoms with Crippen LogP contribution in [0.4, 0.5) is 0 Å². The van der Waals surface area contributed by atoms with Crippen LogP contribution in [0.25, 0.3) is 0 Å². The van der Waals surface area contributed by atoms with Crippen LogP contribution in [0, 0.1) is 0 Å². The average molecular weight is 381 g/mol. The molecule has 0 amide bonds. The molecular weight excluding hydrogens is 368 g/mol. The first-order chi connectivity index (χ1) is 5.06. The maximum atomic E-state index is 5.52. The summed E-state index contributed by atoms with van der Waals surface area (Å²) in [6, 6.07) is 0. The number of hydrogen-bond acceptors (Lipinski definition) is 2. The van der Waals surface area contributed by atoms with Crippen LogP contribution >= 0.6 is 45.2 Å². The van der Waals surface area contributed by atoms with Crippen molar-refractivity contribution >= 4 is 45.2 Å². The average Bonchev–Trinajstić information content (AvgIpc) is 1.84. The zero-order valence-corrected chi connectivity index (χ0v) is 11.1. The molecule has 2 nitrogen and oxygen atoms in total. The van der Waals surface area contributed by atoms with Crippen molar-refractivity contribution in [1.29, 1.82) is 0 Å².